The highest BCUT2D eigenvalue weighted by atomic mass is 16.5. The molecule has 0 radical (unpaired) electrons. The van der Waals surface area contributed by atoms with Crippen molar-refractivity contribution in [3.05, 3.63) is 48.3 Å². The topological polar surface area (TPSA) is 89.0 Å². The lowest BCUT2D eigenvalue weighted by atomic mass is 10.00. The zero-order valence-electron chi connectivity index (χ0n) is 16.7. The number of methoxy groups -OCH3 is 2. The minimum Gasteiger partial charge on any atom is -0.496 e. The Kier molecular flexibility index (Phi) is 6.82. The van der Waals surface area contributed by atoms with Crippen LogP contribution in [0.15, 0.2) is 42.7 Å². The zero-order valence-corrected chi connectivity index (χ0v) is 16.7. The van der Waals surface area contributed by atoms with Crippen molar-refractivity contribution in [3.8, 4) is 16.9 Å². The molecular weight excluding hydrogens is 372 g/mol. The van der Waals surface area contributed by atoms with E-state index in [-0.39, 0.29) is 11.9 Å². The van der Waals surface area contributed by atoms with Gasteiger partial charge in [0.1, 0.15) is 11.8 Å². The van der Waals surface area contributed by atoms with Crippen LogP contribution in [0, 0.1) is 5.92 Å². The normalized spacial score (nSPS) is 19.1. The number of benzene rings is 1. The molecule has 1 aliphatic rings. The molecule has 0 unspecified atom stereocenters. The Bertz CT molecular complexity index is 856. The third-order valence-corrected chi connectivity index (χ3v) is 5.43. The monoisotopic (exact) mass is 398 g/mol. The number of likely N-dealkylation sites (tertiary alicyclic amines) is 1. The highest BCUT2D eigenvalue weighted by molar-refractivity contribution is 5.74. The number of pyridine rings is 1. The summed E-state index contributed by atoms with van der Waals surface area (Å²) in [6.45, 7) is 1.09. The SMILES string of the molecule is COC(=O)CC[C@@H]1C[C@H](C(=O)O)N(Cc2cc(-c3ccncc3)ccc2OC)C1. The summed E-state index contributed by atoms with van der Waals surface area (Å²) in [5, 5.41) is 9.69. The lowest BCUT2D eigenvalue weighted by Gasteiger charge is -2.23. The maximum Gasteiger partial charge on any atom is 0.320 e. The van der Waals surface area contributed by atoms with Crippen molar-refractivity contribution in [3.63, 3.8) is 0 Å². The van der Waals surface area contributed by atoms with Gasteiger partial charge in [0.25, 0.3) is 0 Å². The van der Waals surface area contributed by atoms with Crippen LogP contribution in [0.1, 0.15) is 24.8 Å². The lowest BCUT2D eigenvalue weighted by molar-refractivity contribution is -0.142. The first-order valence-electron chi connectivity index (χ1n) is 9.62. The number of hydrogen-bond donors (Lipinski definition) is 1. The predicted molar refractivity (Wildman–Crippen MR) is 107 cm³/mol. The van der Waals surface area contributed by atoms with Gasteiger partial charge in [0.15, 0.2) is 0 Å². The Morgan fingerprint density at radius 3 is 2.59 bits per heavy atom. The number of esters is 1. The molecule has 7 nitrogen and oxygen atoms in total. The van der Waals surface area contributed by atoms with Crippen molar-refractivity contribution in [2.24, 2.45) is 5.92 Å². The molecule has 1 saturated heterocycles. The van der Waals surface area contributed by atoms with E-state index in [0.29, 0.717) is 32.4 Å². The van der Waals surface area contributed by atoms with E-state index in [1.54, 1.807) is 19.5 Å². The number of carbonyl (C=O) groups excluding carboxylic acids is 1. The highest BCUT2D eigenvalue weighted by Gasteiger charge is 2.37. The van der Waals surface area contributed by atoms with Gasteiger partial charge in [-0.25, -0.2) is 0 Å². The predicted octanol–water partition coefficient (Wildman–Crippen LogP) is 2.99. The van der Waals surface area contributed by atoms with E-state index in [2.05, 4.69) is 4.98 Å². The van der Waals surface area contributed by atoms with Crippen molar-refractivity contribution in [1.29, 1.82) is 0 Å². The Balaban J connectivity index is 1.79. The average molecular weight is 398 g/mol. The number of aliphatic carboxylic acids is 1. The molecule has 0 aliphatic carbocycles. The number of aromatic nitrogens is 1. The highest BCUT2D eigenvalue weighted by Crippen LogP contribution is 2.32. The van der Waals surface area contributed by atoms with Gasteiger partial charge >= 0.3 is 11.9 Å². The van der Waals surface area contributed by atoms with Crippen LogP contribution in [0.25, 0.3) is 11.1 Å². The fourth-order valence-electron chi connectivity index (χ4n) is 3.91. The summed E-state index contributed by atoms with van der Waals surface area (Å²) in [4.78, 5) is 29.3. The van der Waals surface area contributed by atoms with Gasteiger partial charge in [-0.3, -0.25) is 19.5 Å². The molecule has 1 fully saturated rings. The van der Waals surface area contributed by atoms with Gasteiger partial charge in [-0.05, 0) is 54.2 Å². The number of carboxylic acid groups (broad SMARTS) is 1. The standard InChI is InChI=1S/C22H26N2O5/c1-28-20-5-4-17(16-7-9-23-10-8-16)12-18(20)14-24-13-15(3-6-21(25)29-2)11-19(24)22(26)27/h4-5,7-10,12,15,19H,3,6,11,13-14H2,1-2H3,(H,26,27)/t15-,19-/m1/s1. The van der Waals surface area contributed by atoms with Crippen LogP contribution in [0.5, 0.6) is 5.75 Å². The van der Waals surface area contributed by atoms with Crippen LogP contribution in [0.3, 0.4) is 0 Å². The summed E-state index contributed by atoms with van der Waals surface area (Å²) >= 11 is 0. The average Bonchev–Trinajstić information content (AvgIpc) is 3.15. The van der Waals surface area contributed by atoms with Crippen LogP contribution in [0.2, 0.25) is 0 Å². The number of carboxylic acids is 1. The second-order valence-electron chi connectivity index (χ2n) is 7.26. The minimum atomic E-state index is -0.838. The maximum absolute atomic E-state index is 11.8. The molecule has 1 aromatic heterocycles. The van der Waals surface area contributed by atoms with E-state index in [0.717, 1.165) is 22.4 Å². The van der Waals surface area contributed by atoms with E-state index in [1.165, 1.54) is 7.11 Å². The van der Waals surface area contributed by atoms with Gasteiger partial charge in [-0.1, -0.05) is 6.07 Å². The summed E-state index contributed by atoms with van der Waals surface area (Å²) in [5.74, 6) is -0.230. The van der Waals surface area contributed by atoms with Crippen molar-refractivity contribution < 1.29 is 24.2 Å². The van der Waals surface area contributed by atoms with Crippen molar-refractivity contribution in [2.75, 3.05) is 20.8 Å². The van der Waals surface area contributed by atoms with Gasteiger partial charge < -0.3 is 14.6 Å². The van der Waals surface area contributed by atoms with Crippen LogP contribution in [-0.4, -0.2) is 53.7 Å². The first kappa shape index (κ1) is 20.8. The fraction of sp³-hybridized carbons (Fsp3) is 0.409. The largest absolute Gasteiger partial charge is 0.496 e. The molecule has 7 heteroatoms. The number of rotatable bonds is 8. The fourth-order valence-corrected chi connectivity index (χ4v) is 3.91. The maximum atomic E-state index is 11.8. The Morgan fingerprint density at radius 2 is 1.93 bits per heavy atom. The van der Waals surface area contributed by atoms with Gasteiger partial charge in [-0.2, -0.15) is 0 Å². The van der Waals surface area contributed by atoms with Gasteiger partial charge in [-0.15, -0.1) is 0 Å². The molecule has 2 aromatic rings. The first-order chi connectivity index (χ1) is 14.0. The second kappa shape index (κ2) is 9.52. The molecule has 0 spiro atoms. The van der Waals surface area contributed by atoms with Crippen molar-refractivity contribution in [2.45, 2.75) is 31.8 Å². The van der Waals surface area contributed by atoms with E-state index in [1.807, 2.05) is 35.2 Å². The molecule has 0 bridgehead atoms. The van der Waals surface area contributed by atoms with Crippen molar-refractivity contribution in [1.82, 2.24) is 9.88 Å². The number of nitrogens with zero attached hydrogens (tertiary/aromatic N) is 2. The minimum absolute atomic E-state index is 0.143. The molecule has 1 aliphatic heterocycles. The van der Waals surface area contributed by atoms with E-state index < -0.39 is 12.0 Å². The lowest BCUT2D eigenvalue weighted by Crippen LogP contribution is -2.35. The quantitative estimate of drug-likeness (QED) is 0.684. The molecule has 1 N–H and O–H groups in total. The molecule has 154 valence electrons. The molecule has 29 heavy (non-hydrogen) atoms. The first-order valence-corrected chi connectivity index (χ1v) is 9.62. The summed E-state index contributed by atoms with van der Waals surface area (Å²) < 4.78 is 10.2. The van der Waals surface area contributed by atoms with Gasteiger partial charge in [0.05, 0.1) is 14.2 Å². The van der Waals surface area contributed by atoms with E-state index in [4.69, 9.17) is 9.47 Å². The second-order valence-corrected chi connectivity index (χ2v) is 7.26. The summed E-state index contributed by atoms with van der Waals surface area (Å²) in [5.41, 5.74) is 2.99. The number of ether oxygens (including phenoxy) is 2. The van der Waals surface area contributed by atoms with Crippen LogP contribution in [-0.2, 0) is 20.9 Å². The smallest absolute Gasteiger partial charge is 0.320 e. The Hall–Kier alpha value is -2.93. The van der Waals surface area contributed by atoms with Crippen LogP contribution < -0.4 is 4.74 Å². The Morgan fingerprint density at radius 1 is 1.17 bits per heavy atom. The molecule has 2 heterocycles. The third-order valence-electron chi connectivity index (χ3n) is 5.43. The van der Waals surface area contributed by atoms with Crippen molar-refractivity contribution >= 4 is 11.9 Å². The molecule has 0 saturated carbocycles. The van der Waals surface area contributed by atoms with Gasteiger partial charge in [0, 0.05) is 37.5 Å². The molecule has 0 amide bonds. The summed E-state index contributed by atoms with van der Waals surface area (Å²) in [7, 11) is 2.98. The number of carbonyl (C=O) groups is 2. The van der Waals surface area contributed by atoms with Crippen LogP contribution >= 0.6 is 0 Å². The number of hydrogen-bond acceptors (Lipinski definition) is 6. The van der Waals surface area contributed by atoms with E-state index in [9.17, 15) is 14.7 Å². The van der Waals surface area contributed by atoms with Gasteiger partial charge in [0.2, 0.25) is 0 Å². The molecular formula is C22H26N2O5. The molecule has 1 aromatic carbocycles. The zero-order chi connectivity index (χ0) is 20.8. The Labute approximate surface area is 170 Å². The van der Waals surface area contributed by atoms with E-state index >= 15 is 0 Å². The molecule has 3 rings (SSSR count). The molecule has 2 atom stereocenters. The summed E-state index contributed by atoms with van der Waals surface area (Å²) in [6.07, 6.45) is 4.94. The third kappa shape index (κ3) is 5.12. The van der Waals surface area contributed by atoms with Crippen LogP contribution in [0.4, 0.5) is 0 Å². The summed E-state index contributed by atoms with van der Waals surface area (Å²) in [6, 6.07) is 9.22.